The van der Waals surface area contributed by atoms with Gasteiger partial charge in [0, 0.05) is 50.3 Å². The first-order valence-corrected chi connectivity index (χ1v) is 8.65. The van der Waals surface area contributed by atoms with Crippen LogP contribution >= 0.6 is 0 Å². The van der Waals surface area contributed by atoms with E-state index in [1.54, 1.807) is 12.5 Å². The number of nitrogens with one attached hydrogen (secondary N) is 2. The third-order valence-corrected chi connectivity index (χ3v) is 4.46. The average molecular weight is 343 g/mol. The van der Waals surface area contributed by atoms with Gasteiger partial charge >= 0.3 is 6.03 Å². The van der Waals surface area contributed by atoms with Gasteiger partial charge in [-0.25, -0.2) is 9.78 Å². The number of carbonyl (C=O) groups is 1. The van der Waals surface area contributed by atoms with Gasteiger partial charge in [0.05, 0.1) is 19.5 Å². The Labute approximate surface area is 148 Å². The van der Waals surface area contributed by atoms with E-state index in [2.05, 4.69) is 39.6 Å². The molecule has 0 bridgehead atoms. The Morgan fingerprint density at radius 1 is 1.28 bits per heavy atom. The van der Waals surface area contributed by atoms with Crippen molar-refractivity contribution in [2.45, 2.75) is 19.5 Å². The highest BCUT2D eigenvalue weighted by Gasteiger charge is 2.18. The summed E-state index contributed by atoms with van der Waals surface area (Å²) in [5.74, 6) is 0. The van der Waals surface area contributed by atoms with Gasteiger partial charge < -0.3 is 19.9 Å². The number of imidazole rings is 1. The smallest absolute Gasteiger partial charge is 0.319 e. The molecule has 1 atom stereocenters. The molecule has 1 saturated heterocycles. The fourth-order valence-corrected chi connectivity index (χ4v) is 2.91. The van der Waals surface area contributed by atoms with E-state index in [-0.39, 0.29) is 6.03 Å². The first kappa shape index (κ1) is 17.4. The molecule has 2 aromatic rings. The molecular weight excluding hydrogens is 318 g/mol. The van der Waals surface area contributed by atoms with Crippen LogP contribution in [0, 0.1) is 0 Å². The molecule has 1 aliphatic rings. The normalized spacial score (nSPS) is 16.4. The molecule has 1 aromatic carbocycles. The summed E-state index contributed by atoms with van der Waals surface area (Å²) in [4.78, 5) is 18.3. The summed E-state index contributed by atoms with van der Waals surface area (Å²) >= 11 is 0. The van der Waals surface area contributed by atoms with Crippen LogP contribution in [0.1, 0.15) is 18.5 Å². The standard InChI is InChI=1S/C18H25N5O2/c1-15(23-10-12-25-13-11-23)16-2-4-17(5-3-16)21-18(24)20-7-9-22-8-6-19-14-22/h2-6,8,14-15H,7,9-13H2,1H3,(H2,20,21,24)/t15-/m0/s1. The lowest BCUT2D eigenvalue weighted by molar-refractivity contribution is 0.0198. The van der Waals surface area contributed by atoms with Gasteiger partial charge in [0.25, 0.3) is 0 Å². The third kappa shape index (κ3) is 5.04. The summed E-state index contributed by atoms with van der Waals surface area (Å²) in [7, 11) is 0. The second-order valence-corrected chi connectivity index (χ2v) is 6.13. The molecule has 1 aliphatic heterocycles. The molecule has 2 heterocycles. The number of urea groups is 1. The number of hydrogen-bond donors (Lipinski definition) is 2. The predicted octanol–water partition coefficient (Wildman–Crippen LogP) is 2.10. The summed E-state index contributed by atoms with van der Waals surface area (Å²) in [6.45, 7) is 6.96. The van der Waals surface area contributed by atoms with Gasteiger partial charge in [0.1, 0.15) is 0 Å². The second kappa shape index (κ2) is 8.64. The molecule has 0 saturated carbocycles. The quantitative estimate of drug-likeness (QED) is 0.843. The van der Waals surface area contributed by atoms with E-state index >= 15 is 0 Å². The molecule has 1 aromatic heterocycles. The Morgan fingerprint density at radius 2 is 2.04 bits per heavy atom. The minimum Gasteiger partial charge on any atom is -0.379 e. The van der Waals surface area contributed by atoms with Gasteiger partial charge in [-0.1, -0.05) is 12.1 Å². The highest BCUT2D eigenvalue weighted by molar-refractivity contribution is 5.89. The highest BCUT2D eigenvalue weighted by atomic mass is 16.5. The van der Waals surface area contributed by atoms with Crippen molar-refractivity contribution < 1.29 is 9.53 Å². The van der Waals surface area contributed by atoms with E-state index in [1.165, 1.54) is 5.56 Å². The first-order chi connectivity index (χ1) is 12.2. The van der Waals surface area contributed by atoms with Crippen molar-refractivity contribution in [1.29, 1.82) is 0 Å². The molecule has 7 heteroatoms. The fraction of sp³-hybridized carbons (Fsp3) is 0.444. The number of benzene rings is 1. The van der Waals surface area contributed by atoms with E-state index in [0.29, 0.717) is 19.1 Å². The molecule has 2 amide bonds. The van der Waals surface area contributed by atoms with Crippen molar-refractivity contribution >= 4 is 11.7 Å². The number of morpholine rings is 1. The van der Waals surface area contributed by atoms with Crippen molar-refractivity contribution in [3.8, 4) is 0 Å². The lowest BCUT2D eigenvalue weighted by Gasteiger charge is -2.32. The average Bonchev–Trinajstić information content (AvgIpc) is 3.16. The van der Waals surface area contributed by atoms with Crippen LogP contribution in [0.25, 0.3) is 0 Å². The molecule has 1 fully saturated rings. The van der Waals surface area contributed by atoms with Gasteiger partial charge in [-0.15, -0.1) is 0 Å². The number of amides is 2. The van der Waals surface area contributed by atoms with Crippen LogP contribution < -0.4 is 10.6 Å². The Hall–Kier alpha value is -2.38. The van der Waals surface area contributed by atoms with E-state index in [4.69, 9.17) is 4.74 Å². The maximum Gasteiger partial charge on any atom is 0.319 e. The van der Waals surface area contributed by atoms with E-state index in [0.717, 1.165) is 32.0 Å². The minimum atomic E-state index is -0.200. The summed E-state index contributed by atoms with van der Waals surface area (Å²) in [6, 6.07) is 8.18. The van der Waals surface area contributed by atoms with Gasteiger partial charge in [-0.2, -0.15) is 0 Å². The topological polar surface area (TPSA) is 71.4 Å². The molecule has 0 aliphatic carbocycles. The molecule has 2 N–H and O–H groups in total. The minimum absolute atomic E-state index is 0.200. The van der Waals surface area contributed by atoms with Crippen molar-refractivity contribution in [1.82, 2.24) is 19.8 Å². The summed E-state index contributed by atoms with van der Waals surface area (Å²) in [5, 5.41) is 5.70. The second-order valence-electron chi connectivity index (χ2n) is 6.13. The van der Waals surface area contributed by atoms with Gasteiger partial charge in [-0.3, -0.25) is 4.90 Å². The van der Waals surface area contributed by atoms with E-state index in [9.17, 15) is 4.79 Å². The zero-order chi connectivity index (χ0) is 17.5. The number of anilines is 1. The van der Waals surface area contributed by atoms with E-state index < -0.39 is 0 Å². The summed E-state index contributed by atoms with van der Waals surface area (Å²) in [5.41, 5.74) is 2.03. The molecular formula is C18H25N5O2. The fourth-order valence-electron chi connectivity index (χ4n) is 2.91. The number of nitrogens with zero attached hydrogens (tertiary/aromatic N) is 3. The molecule has 25 heavy (non-hydrogen) atoms. The summed E-state index contributed by atoms with van der Waals surface area (Å²) in [6.07, 6.45) is 5.32. The number of hydrogen-bond acceptors (Lipinski definition) is 4. The van der Waals surface area contributed by atoms with Crippen molar-refractivity contribution in [3.63, 3.8) is 0 Å². The van der Waals surface area contributed by atoms with Crippen molar-refractivity contribution in [3.05, 3.63) is 48.5 Å². The molecule has 3 rings (SSSR count). The highest BCUT2D eigenvalue weighted by Crippen LogP contribution is 2.22. The predicted molar refractivity (Wildman–Crippen MR) is 96.5 cm³/mol. The van der Waals surface area contributed by atoms with Crippen molar-refractivity contribution in [2.24, 2.45) is 0 Å². The van der Waals surface area contributed by atoms with Gasteiger partial charge in [0.2, 0.25) is 0 Å². The Balaban J connectivity index is 1.45. The monoisotopic (exact) mass is 343 g/mol. The number of aromatic nitrogens is 2. The number of ether oxygens (including phenoxy) is 1. The van der Waals surface area contributed by atoms with Crippen LogP contribution in [0.5, 0.6) is 0 Å². The number of rotatable bonds is 6. The van der Waals surface area contributed by atoms with Crippen LogP contribution in [0.3, 0.4) is 0 Å². The number of carbonyl (C=O) groups excluding carboxylic acids is 1. The molecule has 7 nitrogen and oxygen atoms in total. The van der Waals surface area contributed by atoms with Crippen LogP contribution in [-0.4, -0.2) is 53.3 Å². The van der Waals surface area contributed by atoms with Gasteiger partial charge in [0.15, 0.2) is 0 Å². The Morgan fingerprint density at radius 3 is 2.72 bits per heavy atom. The zero-order valence-electron chi connectivity index (χ0n) is 14.5. The SMILES string of the molecule is C[C@@H](c1ccc(NC(=O)NCCn2ccnc2)cc1)N1CCOCC1. The van der Waals surface area contributed by atoms with Crippen LogP contribution in [0.4, 0.5) is 10.5 Å². The molecule has 0 unspecified atom stereocenters. The molecule has 0 spiro atoms. The van der Waals surface area contributed by atoms with Crippen molar-refractivity contribution in [2.75, 3.05) is 38.2 Å². The Bertz CT molecular complexity index is 651. The zero-order valence-corrected chi connectivity index (χ0v) is 14.5. The Kier molecular flexibility index (Phi) is 6.03. The third-order valence-electron chi connectivity index (χ3n) is 4.46. The first-order valence-electron chi connectivity index (χ1n) is 8.65. The summed E-state index contributed by atoms with van der Waals surface area (Å²) < 4.78 is 7.32. The lowest BCUT2D eigenvalue weighted by atomic mass is 10.1. The van der Waals surface area contributed by atoms with Crippen LogP contribution in [0.2, 0.25) is 0 Å². The van der Waals surface area contributed by atoms with Crippen LogP contribution in [-0.2, 0) is 11.3 Å². The molecule has 0 radical (unpaired) electrons. The molecule has 134 valence electrons. The van der Waals surface area contributed by atoms with Gasteiger partial charge in [-0.05, 0) is 24.6 Å². The maximum absolute atomic E-state index is 11.9. The van der Waals surface area contributed by atoms with Crippen LogP contribution in [0.15, 0.2) is 43.0 Å². The van der Waals surface area contributed by atoms with E-state index in [1.807, 2.05) is 22.9 Å². The maximum atomic E-state index is 11.9. The largest absolute Gasteiger partial charge is 0.379 e. The lowest BCUT2D eigenvalue weighted by Crippen LogP contribution is -2.38.